The van der Waals surface area contributed by atoms with E-state index in [0.717, 1.165) is 25.9 Å². The molecule has 0 unspecified atom stereocenters. The van der Waals surface area contributed by atoms with E-state index in [9.17, 15) is 14.0 Å². The molecule has 4 rings (SSSR count). The molecule has 3 heterocycles. The summed E-state index contributed by atoms with van der Waals surface area (Å²) in [5.41, 5.74) is 0.661. The fraction of sp³-hybridized carbons (Fsp3) is 0.444. The van der Waals surface area contributed by atoms with E-state index >= 15 is 0 Å². The van der Waals surface area contributed by atoms with Crippen molar-refractivity contribution >= 4 is 29.2 Å². The molecule has 2 aliphatic rings. The molecule has 0 saturated carbocycles. The number of rotatable bonds is 1. The van der Waals surface area contributed by atoms with Crippen molar-refractivity contribution in [3.8, 4) is 0 Å². The first-order chi connectivity index (χ1) is 11.6. The van der Waals surface area contributed by atoms with Crippen molar-refractivity contribution in [1.29, 1.82) is 0 Å². The van der Waals surface area contributed by atoms with Gasteiger partial charge >= 0.3 is 0 Å². The number of nitrogens with zero attached hydrogens (tertiary/aromatic N) is 1. The van der Waals surface area contributed by atoms with Crippen LogP contribution in [0.5, 0.6) is 0 Å². The van der Waals surface area contributed by atoms with E-state index in [-0.39, 0.29) is 23.9 Å². The lowest BCUT2D eigenvalue weighted by molar-refractivity contribution is 0.0609. The lowest BCUT2D eigenvalue weighted by Crippen LogP contribution is -2.44. The van der Waals surface area contributed by atoms with Gasteiger partial charge in [0.05, 0.1) is 11.1 Å². The number of nitrogens with one attached hydrogen (secondary N) is 2. The number of pyridine rings is 1. The quantitative estimate of drug-likeness (QED) is 0.815. The van der Waals surface area contributed by atoms with Gasteiger partial charge in [0.25, 0.3) is 5.91 Å². The van der Waals surface area contributed by atoms with Crippen molar-refractivity contribution in [3.63, 3.8) is 0 Å². The van der Waals surface area contributed by atoms with Crippen molar-refractivity contribution in [3.05, 3.63) is 46.0 Å². The van der Waals surface area contributed by atoms with E-state index in [1.807, 2.05) is 4.90 Å². The standard InChI is InChI=1S/C18H20FN3O2.ClH/c19-12-1-2-13-14(10-16(23)21-15(13)9-12)17(24)22-7-4-18(5-8-22)3-6-20-11-18;/h1-2,9-10,20H,3-8,11H2,(H,21,23);1H. The number of hydrogen-bond donors (Lipinski definition) is 2. The van der Waals surface area contributed by atoms with Crippen LogP contribution in [0.1, 0.15) is 29.6 Å². The minimum atomic E-state index is -0.434. The Hall–Kier alpha value is -1.92. The number of aromatic nitrogens is 1. The smallest absolute Gasteiger partial charge is 0.254 e. The number of hydrogen-bond acceptors (Lipinski definition) is 3. The second-order valence-electron chi connectivity index (χ2n) is 6.96. The van der Waals surface area contributed by atoms with Crippen LogP contribution in [-0.4, -0.2) is 42.0 Å². The monoisotopic (exact) mass is 365 g/mol. The second-order valence-corrected chi connectivity index (χ2v) is 6.96. The molecule has 1 aromatic heterocycles. The lowest BCUT2D eigenvalue weighted by Gasteiger charge is -2.39. The molecule has 2 aromatic rings. The molecule has 2 aliphatic heterocycles. The number of carbonyl (C=O) groups excluding carboxylic acids is 1. The van der Waals surface area contributed by atoms with Crippen molar-refractivity contribution in [2.24, 2.45) is 5.41 Å². The summed E-state index contributed by atoms with van der Waals surface area (Å²) in [6, 6.07) is 5.44. The Kier molecular flexibility index (Phi) is 4.84. The zero-order valence-corrected chi connectivity index (χ0v) is 14.6. The molecule has 2 N–H and O–H groups in total. The molecular weight excluding hydrogens is 345 g/mol. The van der Waals surface area contributed by atoms with Crippen LogP contribution < -0.4 is 10.9 Å². The first-order valence-corrected chi connectivity index (χ1v) is 8.39. The summed E-state index contributed by atoms with van der Waals surface area (Å²) in [5, 5.41) is 4.00. The molecule has 0 atom stereocenters. The molecule has 134 valence electrons. The number of halogens is 2. The van der Waals surface area contributed by atoms with Gasteiger partial charge in [0.1, 0.15) is 5.82 Å². The largest absolute Gasteiger partial charge is 0.339 e. The Balaban J connectivity index is 0.00000182. The van der Waals surface area contributed by atoms with Gasteiger partial charge in [-0.05, 0) is 49.4 Å². The van der Waals surface area contributed by atoms with Crippen LogP contribution in [0, 0.1) is 11.2 Å². The van der Waals surface area contributed by atoms with Gasteiger partial charge in [-0.2, -0.15) is 0 Å². The summed E-state index contributed by atoms with van der Waals surface area (Å²) in [6.07, 6.45) is 3.14. The summed E-state index contributed by atoms with van der Waals surface area (Å²) in [6.45, 7) is 3.49. The molecule has 7 heteroatoms. The first kappa shape index (κ1) is 17.9. The highest BCUT2D eigenvalue weighted by Gasteiger charge is 2.38. The van der Waals surface area contributed by atoms with Crippen LogP contribution in [0.4, 0.5) is 4.39 Å². The number of amides is 1. The van der Waals surface area contributed by atoms with Crippen molar-refractivity contribution in [2.45, 2.75) is 19.3 Å². The van der Waals surface area contributed by atoms with E-state index in [1.54, 1.807) is 6.07 Å². The fourth-order valence-corrected chi connectivity index (χ4v) is 3.99. The SMILES string of the molecule is Cl.O=C(c1cc(=O)[nH]c2cc(F)ccc12)N1CCC2(CCNC2)CC1. The number of aromatic amines is 1. The van der Waals surface area contributed by atoms with Crippen molar-refractivity contribution in [2.75, 3.05) is 26.2 Å². The number of carbonyl (C=O) groups is 1. The number of fused-ring (bicyclic) bond motifs is 1. The summed E-state index contributed by atoms with van der Waals surface area (Å²) >= 11 is 0. The number of likely N-dealkylation sites (tertiary alicyclic amines) is 1. The third kappa shape index (κ3) is 3.28. The maximum Gasteiger partial charge on any atom is 0.254 e. The van der Waals surface area contributed by atoms with Crippen LogP contribution in [0.3, 0.4) is 0 Å². The van der Waals surface area contributed by atoms with Crippen molar-refractivity contribution < 1.29 is 9.18 Å². The Morgan fingerprint density at radius 2 is 1.92 bits per heavy atom. The Morgan fingerprint density at radius 1 is 1.16 bits per heavy atom. The van der Waals surface area contributed by atoms with Crippen LogP contribution in [0.15, 0.2) is 29.1 Å². The minimum absolute atomic E-state index is 0. The maximum absolute atomic E-state index is 13.4. The van der Waals surface area contributed by atoms with Crippen LogP contribution in [0.2, 0.25) is 0 Å². The molecule has 2 saturated heterocycles. The second kappa shape index (κ2) is 6.77. The van der Waals surface area contributed by atoms with Gasteiger partial charge in [0.2, 0.25) is 5.56 Å². The normalized spacial score (nSPS) is 19.2. The summed E-state index contributed by atoms with van der Waals surface area (Å²) in [5.74, 6) is -0.574. The highest BCUT2D eigenvalue weighted by molar-refractivity contribution is 6.06. The molecule has 0 aliphatic carbocycles. The van der Waals surface area contributed by atoms with E-state index in [0.29, 0.717) is 35.0 Å². The first-order valence-electron chi connectivity index (χ1n) is 8.39. The number of benzene rings is 1. The predicted octanol–water partition coefficient (Wildman–Crippen LogP) is 2.30. The molecule has 5 nitrogen and oxygen atoms in total. The van der Waals surface area contributed by atoms with Crippen LogP contribution in [-0.2, 0) is 0 Å². The van der Waals surface area contributed by atoms with Crippen LogP contribution >= 0.6 is 12.4 Å². The van der Waals surface area contributed by atoms with E-state index in [2.05, 4.69) is 10.3 Å². The van der Waals surface area contributed by atoms with Gasteiger partial charge in [0.15, 0.2) is 0 Å². The summed E-state index contributed by atoms with van der Waals surface area (Å²) in [4.78, 5) is 29.2. The highest BCUT2D eigenvalue weighted by atomic mass is 35.5. The molecular formula is C18H21ClFN3O2. The average Bonchev–Trinajstić information content (AvgIpc) is 3.02. The Morgan fingerprint density at radius 3 is 2.60 bits per heavy atom. The topological polar surface area (TPSA) is 65.2 Å². The molecule has 0 bridgehead atoms. The third-order valence-electron chi connectivity index (χ3n) is 5.48. The highest BCUT2D eigenvalue weighted by Crippen LogP contribution is 2.37. The van der Waals surface area contributed by atoms with Gasteiger partial charge in [-0.25, -0.2) is 4.39 Å². The molecule has 1 aromatic carbocycles. The molecule has 1 amide bonds. The Labute approximate surface area is 151 Å². The summed E-state index contributed by atoms with van der Waals surface area (Å²) in [7, 11) is 0. The molecule has 25 heavy (non-hydrogen) atoms. The molecule has 1 spiro atoms. The van der Waals surface area contributed by atoms with E-state index in [4.69, 9.17) is 0 Å². The van der Waals surface area contributed by atoms with Gasteiger partial charge in [-0.1, -0.05) is 0 Å². The van der Waals surface area contributed by atoms with E-state index < -0.39 is 5.82 Å². The summed E-state index contributed by atoms with van der Waals surface area (Å²) < 4.78 is 13.4. The zero-order valence-electron chi connectivity index (χ0n) is 13.8. The lowest BCUT2D eigenvalue weighted by atomic mass is 9.77. The zero-order chi connectivity index (χ0) is 16.7. The van der Waals surface area contributed by atoms with Gasteiger partial charge in [-0.3, -0.25) is 9.59 Å². The van der Waals surface area contributed by atoms with E-state index in [1.165, 1.54) is 24.6 Å². The average molecular weight is 366 g/mol. The predicted molar refractivity (Wildman–Crippen MR) is 96.8 cm³/mol. The van der Waals surface area contributed by atoms with Gasteiger partial charge < -0.3 is 15.2 Å². The van der Waals surface area contributed by atoms with Crippen molar-refractivity contribution in [1.82, 2.24) is 15.2 Å². The third-order valence-corrected chi connectivity index (χ3v) is 5.48. The minimum Gasteiger partial charge on any atom is -0.339 e. The maximum atomic E-state index is 13.4. The van der Waals surface area contributed by atoms with Gasteiger partial charge in [0, 0.05) is 31.1 Å². The van der Waals surface area contributed by atoms with Gasteiger partial charge in [-0.15, -0.1) is 12.4 Å². The van der Waals surface area contributed by atoms with Crippen LogP contribution in [0.25, 0.3) is 10.9 Å². The number of piperidine rings is 1. The Bertz CT molecular complexity index is 851. The number of H-pyrrole nitrogens is 1. The fourth-order valence-electron chi connectivity index (χ4n) is 3.99. The molecule has 2 fully saturated rings. The molecule has 0 radical (unpaired) electrons.